The molecular weight excluding hydrogens is 216 g/mol. The van der Waals surface area contributed by atoms with E-state index in [9.17, 15) is 0 Å². The van der Waals surface area contributed by atoms with E-state index in [2.05, 4.69) is 41.1 Å². The van der Waals surface area contributed by atoms with Gasteiger partial charge in [0.2, 0.25) is 0 Å². The summed E-state index contributed by atoms with van der Waals surface area (Å²) in [5, 5.41) is 4.25. The second-order valence-electron chi connectivity index (χ2n) is 3.57. The molecule has 0 atom stereocenters. The molecule has 3 rings (SSSR count). The van der Waals surface area contributed by atoms with E-state index >= 15 is 0 Å². The van der Waals surface area contributed by atoms with Gasteiger partial charge in [0.05, 0.1) is 6.26 Å². The van der Waals surface area contributed by atoms with E-state index in [-0.39, 0.29) is 0 Å². The van der Waals surface area contributed by atoms with Crippen molar-refractivity contribution in [1.29, 1.82) is 0 Å². The molecule has 78 valence electrons. The monoisotopic (exact) mass is 226 g/mol. The number of hydrogen-bond acceptors (Lipinski definition) is 2. The standard InChI is InChI=1S/C14H10OS/c1-3-11(13-6-8-16-10-13)9-12(4-1)14-5-2-7-15-14/h1-10H. The lowest BCUT2D eigenvalue weighted by atomic mass is 10.0. The summed E-state index contributed by atoms with van der Waals surface area (Å²) in [4.78, 5) is 0. The summed E-state index contributed by atoms with van der Waals surface area (Å²) in [6.07, 6.45) is 1.70. The highest BCUT2D eigenvalue weighted by atomic mass is 32.1. The first-order valence-corrected chi connectivity index (χ1v) is 6.04. The highest BCUT2D eigenvalue weighted by molar-refractivity contribution is 7.08. The molecule has 2 heteroatoms. The maximum absolute atomic E-state index is 5.39. The molecule has 0 aliphatic heterocycles. The fourth-order valence-corrected chi connectivity index (χ4v) is 2.39. The SMILES string of the molecule is c1cc(-c2ccsc2)cc(-c2ccco2)c1. The lowest BCUT2D eigenvalue weighted by Gasteiger charge is -2.01. The van der Waals surface area contributed by atoms with Crippen LogP contribution in [0.4, 0.5) is 0 Å². The lowest BCUT2D eigenvalue weighted by Crippen LogP contribution is -1.76. The number of furan rings is 1. The first-order valence-electron chi connectivity index (χ1n) is 5.10. The van der Waals surface area contributed by atoms with E-state index in [4.69, 9.17) is 4.42 Å². The Balaban J connectivity index is 2.07. The van der Waals surface area contributed by atoms with Crippen molar-refractivity contribution in [1.82, 2.24) is 0 Å². The van der Waals surface area contributed by atoms with Crippen molar-refractivity contribution in [2.45, 2.75) is 0 Å². The van der Waals surface area contributed by atoms with Crippen LogP contribution < -0.4 is 0 Å². The highest BCUT2D eigenvalue weighted by Crippen LogP contribution is 2.27. The Bertz CT molecular complexity index is 515. The third-order valence-electron chi connectivity index (χ3n) is 2.52. The Hall–Kier alpha value is -1.80. The largest absolute Gasteiger partial charge is 0.464 e. The second kappa shape index (κ2) is 3.99. The molecule has 16 heavy (non-hydrogen) atoms. The first kappa shape index (κ1) is 9.43. The van der Waals surface area contributed by atoms with Crippen LogP contribution in [0.1, 0.15) is 0 Å². The van der Waals surface area contributed by atoms with Gasteiger partial charge in [-0.1, -0.05) is 18.2 Å². The van der Waals surface area contributed by atoms with E-state index in [0.717, 1.165) is 11.3 Å². The molecule has 0 saturated carbocycles. The summed E-state index contributed by atoms with van der Waals surface area (Å²) in [5.74, 6) is 0.914. The van der Waals surface area contributed by atoms with E-state index in [1.54, 1.807) is 17.6 Å². The van der Waals surface area contributed by atoms with Gasteiger partial charge in [-0.3, -0.25) is 0 Å². The van der Waals surface area contributed by atoms with Crippen molar-refractivity contribution in [3.8, 4) is 22.5 Å². The van der Waals surface area contributed by atoms with Gasteiger partial charge in [0, 0.05) is 5.56 Å². The zero-order valence-electron chi connectivity index (χ0n) is 8.59. The smallest absolute Gasteiger partial charge is 0.133 e. The lowest BCUT2D eigenvalue weighted by molar-refractivity contribution is 0.582. The number of thiophene rings is 1. The van der Waals surface area contributed by atoms with Crippen molar-refractivity contribution in [3.63, 3.8) is 0 Å². The summed E-state index contributed by atoms with van der Waals surface area (Å²) in [6.45, 7) is 0. The topological polar surface area (TPSA) is 13.1 Å². The van der Waals surface area contributed by atoms with Crippen LogP contribution in [0.15, 0.2) is 63.9 Å². The van der Waals surface area contributed by atoms with Gasteiger partial charge >= 0.3 is 0 Å². The Labute approximate surface area is 98.0 Å². The molecule has 2 heterocycles. The average molecular weight is 226 g/mol. The number of hydrogen-bond donors (Lipinski definition) is 0. The van der Waals surface area contributed by atoms with Gasteiger partial charge in [0.1, 0.15) is 5.76 Å². The van der Waals surface area contributed by atoms with Crippen LogP contribution in [0.5, 0.6) is 0 Å². The van der Waals surface area contributed by atoms with Gasteiger partial charge in [0.25, 0.3) is 0 Å². The molecular formula is C14H10OS. The van der Waals surface area contributed by atoms with Crippen molar-refractivity contribution in [3.05, 3.63) is 59.5 Å². The minimum atomic E-state index is 0.914. The normalized spacial score (nSPS) is 10.5. The maximum atomic E-state index is 5.39. The Morgan fingerprint density at radius 1 is 0.875 bits per heavy atom. The summed E-state index contributed by atoms with van der Waals surface area (Å²) < 4.78 is 5.39. The second-order valence-corrected chi connectivity index (χ2v) is 4.35. The van der Waals surface area contributed by atoms with Gasteiger partial charge in [-0.2, -0.15) is 11.3 Å². The quantitative estimate of drug-likeness (QED) is 0.618. The molecule has 0 fully saturated rings. The van der Waals surface area contributed by atoms with Gasteiger partial charge < -0.3 is 4.42 Å². The molecule has 3 aromatic rings. The highest BCUT2D eigenvalue weighted by Gasteiger charge is 2.03. The van der Waals surface area contributed by atoms with Crippen LogP contribution in [-0.4, -0.2) is 0 Å². The molecule has 0 unspecified atom stereocenters. The van der Waals surface area contributed by atoms with Crippen molar-refractivity contribution >= 4 is 11.3 Å². The van der Waals surface area contributed by atoms with Crippen LogP contribution in [0.2, 0.25) is 0 Å². The van der Waals surface area contributed by atoms with Gasteiger partial charge in [-0.25, -0.2) is 0 Å². The van der Waals surface area contributed by atoms with E-state index < -0.39 is 0 Å². The van der Waals surface area contributed by atoms with Crippen LogP contribution in [0, 0.1) is 0 Å². The predicted octanol–water partition coefficient (Wildman–Crippen LogP) is 4.68. The van der Waals surface area contributed by atoms with E-state index in [0.29, 0.717) is 0 Å². The molecule has 2 aromatic heterocycles. The predicted molar refractivity (Wildman–Crippen MR) is 67.5 cm³/mol. The zero-order valence-corrected chi connectivity index (χ0v) is 9.41. The van der Waals surface area contributed by atoms with Crippen LogP contribution in [0.25, 0.3) is 22.5 Å². The number of benzene rings is 1. The van der Waals surface area contributed by atoms with Crippen molar-refractivity contribution in [2.24, 2.45) is 0 Å². The fourth-order valence-electron chi connectivity index (χ4n) is 1.72. The Morgan fingerprint density at radius 3 is 2.56 bits per heavy atom. The first-order chi connectivity index (χ1) is 7.93. The minimum absolute atomic E-state index is 0.914. The molecule has 0 N–H and O–H groups in total. The molecule has 0 aliphatic rings. The maximum Gasteiger partial charge on any atom is 0.133 e. The molecule has 0 bridgehead atoms. The minimum Gasteiger partial charge on any atom is -0.464 e. The van der Waals surface area contributed by atoms with Crippen molar-refractivity contribution < 1.29 is 4.42 Å². The molecule has 0 aliphatic carbocycles. The fraction of sp³-hybridized carbons (Fsp3) is 0. The van der Waals surface area contributed by atoms with Crippen LogP contribution in [-0.2, 0) is 0 Å². The zero-order chi connectivity index (χ0) is 10.8. The van der Waals surface area contributed by atoms with Crippen LogP contribution in [0.3, 0.4) is 0 Å². The molecule has 1 nitrogen and oxygen atoms in total. The van der Waals surface area contributed by atoms with E-state index in [1.165, 1.54) is 11.1 Å². The molecule has 0 radical (unpaired) electrons. The average Bonchev–Trinajstić information content (AvgIpc) is 3.03. The molecule has 0 spiro atoms. The Kier molecular flexibility index (Phi) is 2.35. The summed E-state index contributed by atoms with van der Waals surface area (Å²) >= 11 is 1.71. The third-order valence-corrected chi connectivity index (χ3v) is 3.21. The Morgan fingerprint density at radius 2 is 1.81 bits per heavy atom. The number of rotatable bonds is 2. The van der Waals surface area contributed by atoms with Gasteiger partial charge in [-0.05, 0) is 46.2 Å². The van der Waals surface area contributed by atoms with E-state index in [1.807, 2.05) is 12.1 Å². The van der Waals surface area contributed by atoms with Crippen molar-refractivity contribution in [2.75, 3.05) is 0 Å². The van der Waals surface area contributed by atoms with Gasteiger partial charge in [0.15, 0.2) is 0 Å². The molecule has 1 aromatic carbocycles. The summed E-state index contributed by atoms with van der Waals surface area (Å²) in [6, 6.07) is 14.4. The summed E-state index contributed by atoms with van der Waals surface area (Å²) in [5.41, 5.74) is 3.61. The van der Waals surface area contributed by atoms with Crippen LogP contribution >= 0.6 is 11.3 Å². The van der Waals surface area contributed by atoms with Gasteiger partial charge in [-0.15, -0.1) is 0 Å². The molecule has 0 saturated heterocycles. The molecule has 0 amide bonds. The summed E-state index contributed by atoms with van der Waals surface area (Å²) in [7, 11) is 0. The third kappa shape index (κ3) is 1.68.